The highest BCUT2D eigenvalue weighted by atomic mass is 79.9. The lowest BCUT2D eigenvalue weighted by molar-refractivity contribution is -0.136. The first-order valence-electron chi connectivity index (χ1n) is 7.99. The number of halogens is 1. The normalized spacial score (nSPS) is 13.1. The lowest BCUT2D eigenvalue weighted by Gasteiger charge is -2.21. The smallest absolute Gasteiger partial charge is 0.307 e. The van der Waals surface area contributed by atoms with Gasteiger partial charge in [0.2, 0.25) is 0 Å². The molecule has 146 valence electrons. The number of hydrogen-bond acceptors (Lipinski definition) is 7. The van der Waals surface area contributed by atoms with Crippen molar-refractivity contribution in [1.82, 2.24) is 10.2 Å². The minimum Gasteiger partial charge on any atom is -0.772 e. The zero-order valence-corrected chi connectivity index (χ0v) is 17.7. The predicted molar refractivity (Wildman–Crippen MR) is 107 cm³/mol. The van der Waals surface area contributed by atoms with Gasteiger partial charge >= 0.3 is 5.97 Å². The highest BCUT2D eigenvalue weighted by Gasteiger charge is 2.24. The fourth-order valence-electron chi connectivity index (χ4n) is 2.57. The molecule has 0 saturated heterocycles. The molecule has 3 rings (SSSR count). The maximum atomic E-state index is 12.0. The molecule has 2 atom stereocenters. The molecule has 0 aliphatic heterocycles. The van der Waals surface area contributed by atoms with Crippen molar-refractivity contribution in [3.8, 4) is 11.5 Å². The molecule has 0 aliphatic carbocycles. The summed E-state index contributed by atoms with van der Waals surface area (Å²) in [6.45, 7) is 1.75. The molecule has 1 N–H and O–H groups in total. The second-order valence-corrected chi connectivity index (χ2v) is 8.92. The molecule has 7 nitrogen and oxygen atoms in total. The third-order valence-corrected chi connectivity index (χ3v) is 6.10. The van der Waals surface area contributed by atoms with Crippen LogP contribution in [-0.4, -0.2) is 30.0 Å². The van der Waals surface area contributed by atoms with E-state index in [1.807, 2.05) is 0 Å². The Morgan fingerprint density at radius 3 is 2.75 bits per heavy atom. The SMILES string of the molecule is Cc1nnc(C(c2cc(Br)ccc2Oc2cccc(CC(=O)O)c2)S(=O)[O-])s1. The van der Waals surface area contributed by atoms with Crippen LogP contribution in [0, 0.1) is 6.92 Å². The van der Waals surface area contributed by atoms with Gasteiger partial charge in [0.05, 0.1) is 6.42 Å². The molecule has 0 amide bonds. The number of carbonyl (C=O) groups is 1. The monoisotopic (exact) mass is 481 g/mol. The minimum atomic E-state index is -2.50. The second kappa shape index (κ2) is 8.91. The molecule has 0 bridgehead atoms. The van der Waals surface area contributed by atoms with Crippen LogP contribution in [0.4, 0.5) is 0 Å². The Labute approximate surface area is 175 Å². The number of aliphatic carboxylic acids is 1. The molecular formula is C18H14BrN2O5S2-. The van der Waals surface area contributed by atoms with Crippen LogP contribution in [-0.2, 0) is 22.3 Å². The number of nitrogens with zero attached hydrogens (tertiary/aromatic N) is 2. The highest BCUT2D eigenvalue weighted by molar-refractivity contribution is 9.10. The van der Waals surface area contributed by atoms with Gasteiger partial charge in [-0.2, -0.15) is 0 Å². The van der Waals surface area contributed by atoms with E-state index in [4.69, 9.17) is 9.84 Å². The van der Waals surface area contributed by atoms with Gasteiger partial charge in [0, 0.05) is 10.0 Å². The van der Waals surface area contributed by atoms with Crippen molar-refractivity contribution >= 4 is 44.3 Å². The van der Waals surface area contributed by atoms with E-state index in [2.05, 4.69) is 26.1 Å². The fraction of sp³-hybridized carbons (Fsp3) is 0.167. The summed E-state index contributed by atoms with van der Waals surface area (Å²) < 4.78 is 30.6. The van der Waals surface area contributed by atoms with E-state index in [9.17, 15) is 13.6 Å². The van der Waals surface area contributed by atoms with Crippen molar-refractivity contribution < 1.29 is 23.4 Å². The summed E-state index contributed by atoms with van der Waals surface area (Å²) in [6, 6.07) is 11.7. The maximum absolute atomic E-state index is 12.0. The van der Waals surface area contributed by atoms with Crippen LogP contribution in [0.3, 0.4) is 0 Å². The van der Waals surface area contributed by atoms with Crippen molar-refractivity contribution in [2.45, 2.75) is 18.6 Å². The Balaban J connectivity index is 2.01. The zero-order chi connectivity index (χ0) is 20.3. The summed E-state index contributed by atoms with van der Waals surface area (Å²) in [5.41, 5.74) is 0.981. The number of aryl methyl sites for hydroxylation is 1. The van der Waals surface area contributed by atoms with Crippen molar-refractivity contribution in [1.29, 1.82) is 0 Å². The fourth-order valence-corrected chi connectivity index (χ4v) is 4.64. The molecule has 0 aliphatic rings. The van der Waals surface area contributed by atoms with Crippen LogP contribution >= 0.6 is 27.3 Å². The van der Waals surface area contributed by atoms with E-state index < -0.39 is 22.3 Å². The van der Waals surface area contributed by atoms with Gasteiger partial charge in [-0.15, -0.1) is 21.5 Å². The van der Waals surface area contributed by atoms with E-state index in [1.54, 1.807) is 49.4 Å². The van der Waals surface area contributed by atoms with E-state index in [-0.39, 0.29) is 6.42 Å². The average molecular weight is 482 g/mol. The Bertz CT molecular complexity index is 1040. The van der Waals surface area contributed by atoms with Gasteiger partial charge in [-0.1, -0.05) is 28.1 Å². The summed E-state index contributed by atoms with van der Waals surface area (Å²) in [6.07, 6.45) is -0.137. The number of benzene rings is 2. The molecule has 2 unspecified atom stereocenters. The van der Waals surface area contributed by atoms with Gasteiger partial charge in [-0.25, -0.2) is 0 Å². The summed E-state index contributed by atoms with van der Waals surface area (Å²) in [5.74, 6) is -0.209. The molecule has 2 aromatic carbocycles. The average Bonchev–Trinajstić information content (AvgIpc) is 3.03. The number of rotatable bonds is 7. The van der Waals surface area contributed by atoms with Crippen LogP contribution in [0.2, 0.25) is 0 Å². The summed E-state index contributed by atoms with van der Waals surface area (Å²) in [5, 5.41) is 16.8. The van der Waals surface area contributed by atoms with Gasteiger partial charge in [-0.3, -0.25) is 9.00 Å². The highest BCUT2D eigenvalue weighted by Crippen LogP contribution is 2.38. The molecule has 1 aromatic heterocycles. The van der Waals surface area contributed by atoms with Gasteiger partial charge in [-0.05, 0) is 53.9 Å². The third kappa shape index (κ3) is 5.02. The topological polar surface area (TPSA) is 112 Å². The number of ether oxygens (including phenoxy) is 1. The number of carboxylic acid groups (broad SMARTS) is 1. The Morgan fingerprint density at radius 1 is 1.32 bits per heavy atom. The number of hydrogen-bond donors (Lipinski definition) is 1. The quantitative estimate of drug-likeness (QED) is 0.507. The standard InChI is InChI=1S/C18H15BrN2O5S2/c1-10-20-21-18(27-10)17(28(24)25)14-9-12(19)5-6-15(14)26-13-4-2-3-11(7-13)8-16(22)23/h2-7,9,17H,8H2,1H3,(H,22,23)(H,24,25)/p-1. The lowest BCUT2D eigenvalue weighted by atomic mass is 10.1. The minimum absolute atomic E-state index is 0.137. The first-order valence-corrected chi connectivity index (χ1v) is 10.7. The third-order valence-electron chi connectivity index (χ3n) is 3.69. The molecular weight excluding hydrogens is 468 g/mol. The maximum Gasteiger partial charge on any atom is 0.307 e. The summed E-state index contributed by atoms with van der Waals surface area (Å²) >= 11 is 2.06. The Kier molecular flexibility index (Phi) is 6.55. The molecule has 0 spiro atoms. The molecule has 1 heterocycles. The molecule has 0 fully saturated rings. The van der Waals surface area contributed by atoms with E-state index in [0.717, 1.165) is 0 Å². The largest absolute Gasteiger partial charge is 0.772 e. The predicted octanol–water partition coefficient (Wildman–Crippen LogP) is 4.00. The Morgan fingerprint density at radius 2 is 2.11 bits per heavy atom. The van der Waals surface area contributed by atoms with Crippen LogP contribution in [0.15, 0.2) is 46.9 Å². The lowest BCUT2D eigenvalue weighted by Crippen LogP contribution is -2.09. The van der Waals surface area contributed by atoms with Crippen molar-refractivity contribution in [2.24, 2.45) is 0 Å². The zero-order valence-electron chi connectivity index (χ0n) is 14.5. The van der Waals surface area contributed by atoms with Crippen LogP contribution < -0.4 is 4.74 Å². The van der Waals surface area contributed by atoms with Crippen LogP contribution in [0.25, 0.3) is 0 Å². The first-order chi connectivity index (χ1) is 13.3. The Hall–Kier alpha value is -2.14. The van der Waals surface area contributed by atoms with Gasteiger partial charge < -0.3 is 14.4 Å². The molecule has 3 aromatic rings. The summed E-state index contributed by atoms with van der Waals surface area (Å²) in [7, 11) is 0. The second-order valence-electron chi connectivity index (χ2n) is 5.80. The van der Waals surface area contributed by atoms with Crippen molar-refractivity contribution in [3.63, 3.8) is 0 Å². The van der Waals surface area contributed by atoms with Crippen LogP contribution in [0.1, 0.15) is 26.4 Å². The number of aromatic nitrogens is 2. The van der Waals surface area contributed by atoms with Crippen molar-refractivity contribution in [2.75, 3.05) is 0 Å². The van der Waals surface area contributed by atoms with E-state index in [1.165, 1.54) is 11.3 Å². The van der Waals surface area contributed by atoms with Gasteiger partial charge in [0.1, 0.15) is 26.8 Å². The first kappa shape index (κ1) is 20.6. The molecule has 0 saturated carbocycles. The van der Waals surface area contributed by atoms with Gasteiger partial charge in [0.25, 0.3) is 0 Å². The molecule has 10 heteroatoms. The number of carboxylic acids is 1. The molecule has 0 radical (unpaired) electrons. The summed E-state index contributed by atoms with van der Waals surface area (Å²) in [4.78, 5) is 10.9. The molecule has 28 heavy (non-hydrogen) atoms. The van der Waals surface area contributed by atoms with Crippen LogP contribution in [0.5, 0.6) is 11.5 Å². The van der Waals surface area contributed by atoms with E-state index in [0.29, 0.717) is 37.1 Å². The van der Waals surface area contributed by atoms with Crippen molar-refractivity contribution in [3.05, 3.63) is 68.1 Å². The van der Waals surface area contributed by atoms with E-state index >= 15 is 0 Å². The van der Waals surface area contributed by atoms with Gasteiger partial charge in [0.15, 0.2) is 0 Å².